The number of thioether (sulfide) groups is 1. The fraction of sp³-hybridized carbons (Fsp3) is 0.389. The fourth-order valence-corrected chi connectivity index (χ4v) is 3.78. The van der Waals surface area contributed by atoms with Crippen LogP contribution in [0, 0.1) is 10.1 Å². The van der Waals surface area contributed by atoms with E-state index >= 15 is 0 Å². The summed E-state index contributed by atoms with van der Waals surface area (Å²) in [4.78, 5) is 29.0. The van der Waals surface area contributed by atoms with E-state index in [-0.39, 0.29) is 10.6 Å². The fourth-order valence-electron chi connectivity index (χ4n) is 3.06. The summed E-state index contributed by atoms with van der Waals surface area (Å²) < 4.78 is 0. The van der Waals surface area contributed by atoms with Gasteiger partial charge < -0.3 is 10.0 Å². The Balaban J connectivity index is 1.88. The zero-order valence-electron chi connectivity index (χ0n) is 15.4. The van der Waals surface area contributed by atoms with Crippen molar-refractivity contribution in [2.75, 3.05) is 18.0 Å². The number of nitrogens with one attached hydrogen (secondary N) is 1. The molecule has 0 atom stereocenters. The average molecular weight is 403 g/mol. The van der Waals surface area contributed by atoms with Crippen molar-refractivity contribution in [3.63, 3.8) is 0 Å². The predicted octanol–water partition coefficient (Wildman–Crippen LogP) is 3.48. The summed E-state index contributed by atoms with van der Waals surface area (Å²) in [5, 5.41) is 28.1. The Morgan fingerprint density at radius 3 is 2.82 bits per heavy atom. The molecule has 148 valence electrons. The first-order chi connectivity index (χ1) is 13.5. The van der Waals surface area contributed by atoms with Gasteiger partial charge in [0, 0.05) is 25.6 Å². The summed E-state index contributed by atoms with van der Waals surface area (Å²) >= 11 is 0.910. The van der Waals surface area contributed by atoms with Crippen molar-refractivity contribution in [2.24, 2.45) is 0 Å². The van der Waals surface area contributed by atoms with Gasteiger partial charge >= 0.3 is 5.97 Å². The molecule has 2 N–H and O–H groups in total. The third kappa shape index (κ3) is 4.69. The number of aryl methyl sites for hydroxylation is 1. The number of nitro groups is 1. The van der Waals surface area contributed by atoms with E-state index in [1.165, 1.54) is 12.1 Å². The van der Waals surface area contributed by atoms with Crippen LogP contribution in [0.4, 0.5) is 11.4 Å². The van der Waals surface area contributed by atoms with Crippen LogP contribution in [-0.2, 0) is 11.2 Å². The Hall–Kier alpha value is -2.88. The topological polar surface area (TPSA) is 125 Å². The number of H-pyrrole nitrogens is 1. The van der Waals surface area contributed by atoms with Crippen molar-refractivity contribution >= 4 is 35.2 Å². The minimum Gasteiger partial charge on any atom is -0.477 e. The van der Waals surface area contributed by atoms with Crippen LogP contribution in [0.2, 0.25) is 0 Å². The van der Waals surface area contributed by atoms with E-state index < -0.39 is 10.9 Å². The van der Waals surface area contributed by atoms with Gasteiger partial charge in [0.25, 0.3) is 5.69 Å². The second kappa shape index (κ2) is 8.87. The Morgan fingerprint density at radius 1 is 1.43 bits per heavy atom. The maximum absolute atomic E-state index is 11.6. The number of carboxylic acids is 1. The van der Waals surface area contributed by atoms with E-state index in [1.807, 2.05) is 11.8 Å². The maximum atomic E-state index is 11.6. The van der Waals surface area contributed by atoms with Crippen molar-refractivity contribution in [3.05, 3.63) is 44.6 Å². The first kappa shape index (κ1) is 19.9. The lowest BCUT2D eigenvalue weighted by Crippen LogP contribution is -2.18. The van der Waals surface area contributed by atoms with Gasteiger partial charge in [-0.2, -0.15) is 0 Å². The van der Waals surface area contributed by atoms with E-state index in [0.29, 0.717) is 22.2 Å². The molecular weight excluding hydrogens is 382 g/mol. The van der Waals surface area contributed by atoms with Crippen LogP contribution in [0.15, 0.2) is 28.3 Å². The number of carbonyl (C=O) groups is 1. The number of benzene rings is 1. The number of nitrogens with zero attached hydrogens (tertiary/aromatic N) is 4. The third-order valence-corrected chi connectivity index (χ3v) is 5.23. The first-order valence-electron chi connectivity index (χ1n) is 9.05. The van der Waals surface area contributed by atoms with E-state index in [9.17, 15) is 20.0 Å². The van der Waals surface area contributed by atoms with Crippen LogP contribution >= 0.6 is 11.8 Å². The molecule has 10 heteroatoms. The highest BCUT2D eigenvalue weighted by molar-refractivity contribution is 8.04. The third-order valence-electron chi connectivity index (χ3n) is 4.35. The molecule has 1 aliphatic heterocycles. The standard InChI is InChI=1S/C18H21N5O4S/c1-2-5-16-19-18(21-20-16)28-15(17(24)25)11-12-6-7-13(14(10-12)23(26)27)22-8-3-4-9-22/h6-7,10-11H,2-5,8-9H2,1H3,(H,24,25)(H,19,20,21)/b15-11+. The molecule has 9 nitrogen and oxygen atoms in total. The van der Waals surface area contributed by atoms with Crippen molar-refractivity contribution in [1.29, 1.82) is 0 Å². The van der Waals surface area contributed by atoms with Gasteiger partial charge in [0.15, 0.2) is 0 Å². The molecule has 1 aliphatic rings. The van der Waals surface area contributed by atoms with Crippen LogP contribution in [0.25, 0.3) is 6.08 Å². The molecule has 3 rings (SSSR count). The molecule has 0 spiro atoms. The number of rotatable bonds is 8. The summed E-state index contributed by atoms with van der Waals surface area (Å²) in [7, 11) is 0. The first-order valence-corrected chi connectivity index (χ1v) is 9.87. The van der Waals surface area contributed by atoms with Gasteiger partial charge in [-0.05, 0) is 48.7 Å². The SMILES string of the molecule is CCCc1nc(S/C(=C/c2ccc(N3CCCC3)c([N+](=O)[O-])c2)C(=O)O)n[nH]1. The molecule has 28 heavy (non-hydrogen) atoms. The number of carboxylic acid groups (broad SMARTS) is 1. The highest BCUT2D eigenvalue weighted by atomic mass is 32.2. The number of aromatic nitrogens is 3. The number of aromatic amines is 1. The molecule has 0 aliphatic carbocycles. The highest BCUT2D eigenvalue weighted by Crippen LogP contribution is 2.33. The molecule has 0 amide bonds. The van der Waals surface area contributed by atoms with Crippen LogP contribution in [-0.4, -0.2) is 44.3 Å². The summed E-state index contributed by atoms with van der Waals surface area (Å²) in [6, 6.07) is 4.80. The largest absolute Gasteiger partial charge is 0.477 e. The quantitative estimate of drug-likeness (QED) is 0.297. The number of anilines is 1. The molecule has 0 radical (unpaired) electrons. The maximum Gasteiger partial charge on any atom is 0.342 e. The smallest absolute Gasteiger partial charge is 0.342 e. The Kier molecular flexibility index (Phi) is 6.30. The number of aliphatic carboxylic acids is 1. The van der Waals surface area contributed by atoms with Crippen molar-refractivity contribution in [1.82, 2.24) is 15.2 Å². The van der Waals surface area contributed by atoms with E-state index in [1.54, 1.807) is 12.1 Å². The highest BCUT2D eigenvalue weighted by Gasteiger charge is 2.23. The van der Waals surface area contributed by atoms with Crippen molar-refractivity contribution < 1.29 is 14.8 Å². The molecular formula is C18H21N5O4S. The van der Waals surface area contributed by atoms with E-state index in [4.69, 9.17) is 0 Å². The van der Waals surface area contributed by atoms with Crippen molar-refractivity contribution in [3.8, 4) is 0 Å². The summed E-state index contributed by atoms with van der Waals surface area (Å²) in [6.45, 7) is 3.59. The minimum atomic E-state index is -1.14. The molecule has 1 aromatic heterocycles. The summed E-state index contributed by atoms with van der Waals surface area (Å²) in [5.41, 5.74) is 1.000. The number of nitro benzene ring substituents is 1. The van der Waals surface area contributed by atoms with Gasteiger partial charge in [0.05, 0.1) is 4.92 Å². The Labute approximate surface area is 166 Å². The van der Waals surface area contributed by atoms with Crippen LogP contribution in [0.3, 0.4) is 0 Å². The molecule has 2 heterocycles. The van der Waals surface area contributed by atoms with Crippen molar-refractivity contribution in [2.45, 2.75) is 37.8 Å². The summed E-state index contributed by atoms with van der Waals surface area (Å²) in [5.74, 6) is -0.446. The Morgan fingerprint density at radius 2 is 2.18 bits per heavy atom. The molecule has 1 aromatic carbocycles. The van der Waals surface area contributed by atoms with Gasteiger partial charge in [0.1, 0.15) is 16.4 Å². The Bertz CT molecular complexity index is 905. The zero-order chi connectivity index (χ0) is 20.1. The average Bonchev–Trinajstić information content (AvgIpc) is 3.33. The predicted molar refractivity (Wildman–Crippen MR) is 106 cm³/mol. The lowest BCUT2D eigenvalue weighted by atomic mass is 10.1. The molecule has 0 unspecified atom stereocenters. The second-order valence-corrected chi connectivity index (χ2v) is 7.44. The second-order valence-electron chi connectivity index (χ2n) is 6.43. The lowest BCUT2D eigenvalue weighted by molar-refractivity contribution is -0.384. The number of hydrogen-bond acceptors (Lipinski definition) is 7. The summed E-state index contributed by atoms with van der Waals surface area (Å²) in [6.07, 6.45) is 5.05. The molecule has 1 fully saturated rings. The van der Waals surface area contributed by atoms with E-state index in [0.717, 1.165) is 50.5 Å². The van der Waals surface area contributed by atoms with Crippen LogP contribution < -0.4 is 4.90 Å². The van der Waals surface area contributed by atoms with Gasteiger partial charge in [-0.3, -0.25) is 15.2 Å². The minimum absolute atomic E-state index is 0.00901. The normalized spacial score (nSPS) is 14.5. The van der Waals surface area contributed by atoms with Crippen LogP contribution in [0.1, 0.15) is 37.6 Å². The van der Waals surface area contributed by atoms with Gasteiger partial charge in [-0.15, -0.1) is 5.10 Å². The lowest BCUT2D eigenvalue weighted by Gasteiger charge is -2.17. The monoisotopic (exact) mass is 403 g/mol. The van der Waals surface area contributed by atoms with E-state index in [2.05, 4.69) is 15.2 Å². The van der Waals surface area contributed by atoms with Gasteiger partial charge in [-0.1, -0.05) is 13.0 Å². The zero-order valence-corrected chi connectivity index (χ0v) is 16.2. The van der Waals surface area contributed by atoms with Gasteiger partial charge in [-0.25, -0.2) is 9.78 Å². The molecule has 2 aromatic rings. The molecule has 0 saturated carbocycles. The van der Waals surface area contributed by atoms with Crippen LogP contribution in [0.5, 0.6) is 0 Å². The molecule has 0 bridgehead atoms. The number of hydrogen-bond donors (Lipinski definition) is 2. The van der Waals surface area contributed by atoms with Gasteiger partial charge in [0.2, 0.25) is 5.16 Å². The molecule has 1 saturated heterocycles.